The molecule has 1 fully saturated rings. The fourth-order valence-corrected chi connectivity index (χ4v) is 2.61. The van der Waals surface area contributed by atoms with Gasteiger partial charge in [0.05, 0.1) is 0 Å². The molecule has 1 aromatic carbocycles. The van der Waals surface area contributed by atoms with Gasteiger partial charge >= 0.3 is 12.1 Å². The van der Waals surface area contributed by atoms with Crippen molar-refractivity contribution >= 4 is 39.8 Å². The van der Waals surface area contributed by atoms with Gasteiger partial charge in [-0.05, 0) is 24.6 Å². The molecule has 1 atom stereocenters. The molecule has 23 heavy (non-hydrogen) atoms. The van der Waals surface area contributed by atoms with Crippen molar-refractivity contribution in [1.29, 1.82) is 0 Å². The number of hydrogen-bond acceptors (Lipinski definition) is 4. The number of amides is 6. The van der Waals surface area contributed by atoms with Gasteiger partial charge in [-0.15, -0.1) is 0 Å². The molecule has 1 aromatic rings. The van der Waals surface area contributed by atoms with Crippen LogP contribution in [-0.2, 0) is 15.1 Å². The number of nitrogens with zero attached hydrogens (tertiary/aromatic N) is 1. The Labute approximate surface area is 140 Å². The number of imide groups is 2. The van der Waals surface area contributed by atoms with Crippen LogP contribution in [0, 0.1) is 0 Å². The van der Waals surface area contributed by atoms with Crippen LogP contribution in [0.4, 0.5) is 9.59 Å². The predicted molar refractivity (Wildman–Crippen MR) is 84.3 cm³/mol. The molecule has 122 valence electrons. The van der Waals surface area contributed by atoms with E-state index in [1.807, 2.05) is 5.32 Å². The maximum absolute atomic E-state index is 12.6. The van der Waals surface area contributed by atoms with Gasteiger partial charge in [-0.2, -0.15) is 0 Å². The van der Waals surface area contributed by atoms with Crippen LogP contribution in [0.15, 0.2) is 28.7 Å². The van der Waals surface area contributed by atoms with Crippen molar-refractivity contribution in [2.75, 3.05) is 13.6 Å². The predicted octanol–water partition coefficient (Wildman–Crippen LogP) is 0.672. The SMILES string of the molecule is CNC(=O)NC(=O)CN1C(=O)NC(C)(c2cccc(Br)c2)C1=O. The Morgan fingerprint density at radius 1 is 1.35 bits per heavy atom. The van der Waals surface area contributed by atoms with Gasteiger partial charge in [-0.25, -0.2) is 9.59 Å². The molecular weight excluding hydrogens is 368 g/mol. The molecule has 6 amide bonds. The van der Waals surface area contributed by atoms with Crippen molar-refractivity contribution in [3.8, 4) is 0 Å². The monoisotopic (exact) mass is 382 g/mol. The number of rotatable bonds is 3. The lowest BCUT2D eigenvalue weighted by Crippen LogP contribution is -2.46. The number of nitrogens with one attached hydrogen (secondary N) is 3. The average molecular weight is 383 g/mol. The minimum absolute atomic E-state index is 0.540. The Kier molecular flexibility index (Phi) is 4.69. The van der Waals surface area contributed by atoms with Crippen molar-refractivity contribution in [1.82, 2.24) is 20.9 Å². The van der Waals surface area contributed by atoms with Crippen LogP contribution in [0.2, 0.25) is 0 Å². The lowest BCUT2D eigenvalue weighted by Gasteiger charge is -2.22. The number of halogens is 1. The molecule has 8 nitrogen and oxygen atoms in total. The molecule has 1 saturated heterocycles. The van der Waals surface area contributed by atoms with Crippen LogP contribution in [0.25, 0.3) is 0 Å². The summed E-state index contributed by atoms with van der Waals surface area (Å²) in [5.41, 5.74) is -0.687. The fraction of sp³-hybridized carbons (Fsp3) is 0.286. The van der Waals surface area contributed by atoms with Crippen molar-refractivity contribution < 1.29 is 19.2 Å². The number of carbonyl (C=O) groups excluding carboxylic acids is 4. The Morgan fingerprint density at radius 2 is 2.04 bits per heavy atom. The van der Waals surface area contributed by atoms with E-state index in [0.29, 0.717) is 5.56 Å². The van der Waals surface area contributed by atoms with E-state index >= 15 is 0 Å². The summed E-state index contributed by atoms with van der Waals surface area (Å²) >= 11 is 3.31. The van der Waals surface area contributed by atoms with E-state index in [9.17, 15) is 19.2 Å². The van der Waals surface area contributed by atoms with Gasteiger partial charge in [0, 0.05) is 11.5 Å². The Balaban J connectivity index is 2.19. The van der Waals surface area contributed by atoms with Gasteiger partial charge in [0.25, 0.3) is 5.91 Å². The van der Waals surface area contributed by atoms with Gasteiger partial charge in [0.2, 0.25) is 5.91 Å². The first-order valence-corrected chi connectivity index (χ1v) is 7.49. The van der Waals surface area contributed by atoms with Crippen LogP contribution in [0.3, 0.4) is 0 Å². The highest BCUT2D eigenvalue weighted by Gasteiger charge is 2.49. The number of benzene rings is 1. The molecule has 0 bridgehead atoms. The first-order valence-electron chi connectivity index (χ1n) is 6.69. The summed E-state index contributed by atoms with van der Waals surface area (Å²) in [6.45, 7) is 1.02. The third-order valence-electron chi connectivity index (χ3n) is 3.46. The smallest absolute Gasteiger partial charge is 0.325 e. The molecule has 1 heterocycles. The van der Waals surface area contributed by atoms with Crippen LogP contribution < -0.4 is 16.0 Å². The van der Waals surface area contributed by atoms with Crippen LogP contribution >= 0.6 is 15.9 Å². The zero-order valence-electron chi connectivity index (χ0n) is 12.5. The van der Waals surface area contributed by atoms with E-state index in [1.54, 1.807) is 31.2 Å². The lowest BCUT2D eigenvalue weighted by atomic mass is 9.92. The molecule has 0 radical (unpaired) electrons. The number of carbonyl (C=O) groups is 4. The van der Waals surface area contributed by atoms with E-state index in [0.717, 1.165) is 9.37 Å². The van der Waals surface area contributed by atoms with E-state index < -0.39 is 36.0 Å². The maximum Gasteiger partial charge on any atom is 0.325 e. The molecule has 0 spiro atoms. The van der Waals surface area contributed by atoms with E-state index in [4.69, 9.17) is 0 Å². The molecule has 0 saturated carbocycles. The fourth-order valence-electron chi connectivity index (χ4n) is 2.21. The summed E-state index contributed by atoms with van der Waals surface area (Å²) < 4.78 is 0.758. The van der Waals surface area contributed by atoms with Gasteiger partial charge in [-0.1, -0.05) is 28.1 Å². The molecule has 1 aliphatic rings. The summed E-state index contributed by atoms with van der Waals surface area (Å²) in [6, 6.07) is 5.55. The second kappa shape index (κ2) is 6.37. The molecule has 1 unspecified atom stereocenters. The average Bonchev–Trinajstić information content (AvgIpc) is 2.71. The van der Waals surface area contributed by atoms with Gasteiger partial charge < -0.3 is 10.6 Å². The highest BCUT2D eigenvalue weighted by atomic mass is 79.9. The van der Waals surface area contributed by atoms with Crippen LogP contribution in [0.5, 0.6) is 0 Å². The molecule has 0 aromatic heterocycles. The van der Waals surface area contributed by atoms with E-state index in [2.05, 4.69) is 26.6 Å². The minimum atomic E-state index is -1.27. The zero-order chi connectivity index (χ0) is 17.2. The summed E-state index contributed by atoms with van der Waals surface area (Å²) in [5, 5.41) is 6.80. The zero-order valence-corrected chi connectivity index (χ0v) is 14.1. The molecule has 9 heteroatoms. The quantitative estimate of drug-likeness (QED) is 0.667. The topological polar surface area (TPSA) is 108 Å². The molecule has 1 aliphatic heterocycles. The van der Waals surface area contributed by atoms with E-state index in [1.165, 1.54) is 7.05 Å². The normalized spacial score (nSPS) is 20.2. The summed E-state index contributed by atoms with van der Waals surface area (Å²) in [6.07, 6.45) is 0. The standard InChI is InChI=1S/C14H15BrN4O4/c1-14(8-4-3-5-9(15)6-8)11(21)19(13(23)18-14)7-10(20)17-12(22)16-2/h3-6H,7H2,1-2H3,(H,18,23)(H2,16,17,20,22). The summed E-state index contributed by atoms with van der Waals surface area (Å²) in [4.78, 5) is 48.2. The first-order chi connectivity index (χ1) is 10.8. The first kappa shape index (κ1) is 16.9. The van der Waals surface area contributed by atoms with Crippen molar-refractivity contribution in [3.05, 3.63) is 34.3 Å². The molecule has 3 N–H and O–H groups in total. The minimum Gasteiger partial charge on any atom is -0.341 e. The maximum atomic E-state index is 12.6. The Hall–Kier alpha value is -2.42. The summed E-state index contributed by atoms with van der Waals surface area (Å²) in [7, 11) is 1.35. The highest BCUT2D eigenvalue weighted by Crippen LogP contribution is 2.30. The van der Waals surface area contributed by atoms with Crippen molar-refractivity contribution in [2.24, 2.45) is 0 Å². The molecular formula is C14H15BrN4O4. The second-order valence-corrected chi connectivity index (χ2v) is 6.00. The Morgan fingerprint density at radius 3 is 2.65 bits per heavy atom. The largest absolute Gasteiger partial charge is 0.341 e. The second-order valence-electron chi connectivity index (χ2n) is 5.08. The Bertz CT molecular complexity index is 693. The van der Waals surface area contributed by atoms with Crippen molar-refractivity contribution in [2.45, 2.75) is 12.5 Å². The van der Waals surface area contributed by atoms with Crippen LogP contribution in [-0.4, -0.2) is 42.4 Å². The van der Waals surface area contributed by atoms with Crippen molar-refractivity contribution in [3.63, 3.8) is 0 Å². The molecule has 2 rings (SSSR count). The summed E-state index contributed by atoms with van der Waals surface area (Å²) in [5.74, 6) is -1.32. The van der Waals surface area contributed by atoms with Gasteiger partial charge in [0.15, 0.2) is 0 Å². The van der Waals surface area contributed by atoms with Crippen LogP contribution in [0.1, 0.15) is 12.5 Å². The third-order valence-corrected chi connectivity index (χ3v) is 3.95. The molecule has 0 aliphatic carbocycles. The number of urea groups is 2. The van der Waals surface area contributed by atoms with Gasteiger partial charge in [0.1, 0.15) is 12.1 Å². The lowest BCUT2D eigenvalue weighted by molar-refractivity contribution is -0.134. The number of hydrogen-bond donors (Lipinski definition) is 3. The van der Waals surface area contributed by atoms with Gasteiger partial charge in [-0.3, -0.25) is 19.8 Å². The highest BCUT2D eigenvalue weighted by molar-refractivity contribution is 9.10. The van der Waals surface area contributed by atoms with E-state index in [-0.39, 0.29) is 0 Å². The third kappa shape index (κ3) is 3.34.